The lowest BCUT2D eigenvalue weighted by molar-refractivity contribution is 0.0844. The summed E-state index contributed by atoms with van der Waals surface area (Å²) in [6, 6.07) is 23.0. The molecule has 0 atom stereocenters. The van der Waals surface area contributed by atoms with Gasteiger partial charge in [-0.2, -0.15) is 5.10 Å². The van der Waals surface area contributed by atoms with Gasteiger partial charge in [0.2, 0.25) is 0 Å². The van der Waals surface area contributed by atoms with E-state index in [9.17, 15) is 14.4 Å². The molecule has 5 aromatic rings. The first kappa shape index (κ1) is 23.7. The Kier molecular flexibility index (Phi) is 6.34. The van der Waals surface area contributed by atoms with E-state index in [0.29, 0.717) is 45.2 Å². The van der Waals surface area contributed by atoms with Gasteiger partial charge >= 0.3 is 0 Å². The van der Waals surface area contributed by atoms with E-state index >= 15 is 0 Å². The molecule has 0 aliphatic carbocycles. The van der Waals surface area contributed by atoms with Crippen LogP contribution in [0.3, 0.4) is 0 Å². The lowest BCUT2D eigenvalue weighted by Crippen LogP contribution is -2.43. The van der Waals surface area contributed by atoms with Gasteiger partial charge < -0.3 is 4.74 Å². The summed E-state index contributed by atoms with van der Waals surface area (Å²) < 4.78 is 6.45. The third-order valence-electron chi connectivity index (χ3n) is 6.02. The molecule has 0 aliphatic rings. The van der Waals surface area contributed by atoms with Crippen molar-refractivity contribution < 1.29 is 14.3 Å². The monoisotopic (exact) mass is 493 g/mol. The van der Waals surface area contributed by atoms with Gasteiger partial charge in [0.25, 0.3) is 17.4 Å². The first-order chi connectivity index (χ1) is 18.0. The van der Waals surface area contributed by atoms with E-state index in [1.165, 1.54) is 4.68 Å². The van der Waals surface area contributed by atoms with E-state index in [0.717, 1.165) is 5.56 Å². The molecule has 9 nitrogen and oxygen atoms in total. The predicted octanol–water partition coefficient (Wildman–Crippen LogP) is 3.72. The molecule has 37 heavy (non-hydrogen) atoms. The van der Waals surface area contributed by atoms with E-state index in [1.54, 1.807) is 50.4 Å². The number of nitrogens with zero attached hydrogens (tertiary/aromatic N) is 3. The number of amides is 2. The maximum Gasteiger partial charge on any atom is 0.290 e. The number of ether oxygens (including phenoxy) is 1. The molecule has 0 radical (unpaired) electrons. The molecule has 0 unspecified atom stereocenters. The van der Waals surface area contributed by atoms with E-state index < -0.39 is 11.8 Å². The number of pyridine rings is 1. The molecule has 0 saturated heterocycles. The zero-order chi connectivity index (χ0) is 25.9. The Morgan fingerprint density at radius 1 is 0.865 bits per heavy atom. The van der Waals surface area contributed by atoms with E-state index in [-0.39, 0.29) is 11.3 Å². The van der Waals surface area contributed by atoms with Gasteiger partial charge in [0, 0.05) is 22.9 Å². The molecule has 2 aromatic heterocycles. The highest BCUT2D eigenvalue weighted by Gasteiger charge is 2.19. The summed E-state index contributed by atoms with van der Waals surface area (Å²) in [5, 5.41) is 5.62. The van der Waals surface area contributed by atoms with Gasteiger partial charge in [-0.05, 0) is 49.4 Å². The summed E-state index contributed by atoms with van der Waals surface area (Å²) in [6.45, 7) is 2.06. The SMILES string of the molecule is CCn1nc(C(=O)NNC(=O)c2cc(-c3ccc(OC)cc3)nc3ccccc23)c2ccccc2c1=O. The molecule has 184 valence electrons. The van der Waals surface area contributed by atoms with E-state index in [1.807, 2.05) is 42.5 Å². The molecule has 2 heterocycles. The van der Waals surface area contributed by atoms with Crippen molar-refractivity contribution in [3.8, 4) is 17.0 Å². The number of hydrogen-bond acceptors (Lipinski definition) is 6. The molecule has 0 spiro atoms. The predicted molar refractivity (Wildman–Crippen MR) is 140 cm³/mol. The Morgan fingerprint density at radius 3 is 2.22 bits per heavy atom. The lowest BCUT2D eigenvalue weighted by Gasteiger charge is -2.13. The average molecular weight is 494 g/mol. The summed E-state index contributed by atoms with van der Waals surface area (Å²) in [6.07, 6.45) is 0. The lowest BCUT2D eigenvalue weighted by atomic mass is 10.0. The Morgan fingerprint density at radius 2 is 1.51 bits per heavy atom. The Labute approximate surface area is 211 Å². The highest BCUT2D eigenvalue weighted by Crippen LogP contribution is 2.26. The maximum atomic E-state index is 13.3. The second kappa shape index (κ2) is 9.90. The number of hydrogen-bond donors (Lipinski definition) is 2. The van der Waals surface area contributed by atoms with Gasteiger partial charge in [-0.25, -0.2) is 9.67 Å². The van der Waals surface area contributed by atoms with Crippen molar-refractivity contribution in [1.82, 2.24) is 25.6 Å². The number of aryl methyl sites for hydroxylation is 1. The van der Waals surface area contributed by atoms with Crippen LogP contribution >= 0.6 is 0 Å². The quantitative estimate of drug-likeness (QED) is 0.361. The number of aromatic nitrogens is 3. The zero-order valence-electron chi connectivity index (χ0n) is 20.2. The summed E-state index contributed by atoms with van der Waals surface area (Å²) in [7, 11) is 1.59. The number of benzene rings is 3. The molecule has 2 N–H and O–H groups in total. The van der Waals surface area contributed by atoms with Crippen molar-refractivity contribution in [2.75, 3.05) is 7.11 Å². The molecule has 3 aromatic carbocycles. The van der Waals surface area contributed by atoms with Crippen LogP contribution in [0.4, 0.5) is 0 Å². The molecule has 0 fully saturated rings. The van der Waals surface area contributed by atoms with Crippen LogP contribution in [0.5, 0.6) is 5.75 Å². The fourth-order valence-corrected chi connectivity index (χ4v) is 4.13. The summed E-state index contributed by atoms with van der Waals surface area (Å²) in [5.41, 5.74) is 7.07. The average Bonchev–Trinajstić information content (AvgIpc) is 2.95. The van der Waals surface area contributed by atoms with Gasteiger partial charge in [0.15, 0.2) is 5.69 Å². The van der Waals surface area contributed by atoms with Crippen LogP contribution in [0.1, 0.15) is 27.8 Å². The van der Waals surface area contributed by atoms with Crippen molar-refractivity contribution in [3.63, 3.8) is 0 Å². The topological polar surface area (TPSA) is 115 Å². The molecular weight excluding hydrogens is 470 g/mol. The van der Waals surface area contributed by atoms with Crippen molar-refractivity contribution in [2.24, 2.45) is 0 Å². The summed E-state index contributed by atoms with van der Waals surface area (Å²) in [5.74, 6) is -0.448. The molecule has 0 aliphatic heterocycles. The first-order valence-corrected chi connectivity index (χ1v) is 11.6. The largest absolute Gasteiger partial charge is 0.497 e. The Bertz CT molecular complexity index is 1710. The van der Waals surface area contributed by atoms with Gasteiger partial charge in [0.05, 0.1) is 29.3 Å². The number of para-hydroxylation sites is 1. The van der Waals surface area contributed by atoms with Crippen LogP contribution < -0.4 is 21.1 Å². The number of fused-ring (bicyclic) bond motifs is 2. The molecule has 0 saturated carbocycles. The van der Waals surface area contributed by atoms with Crippen LogP contribution in [0.25, 0.3) is 32.9 Å². The highest BCUT2D eigenvalue weighted by molar-refractivity contribution is 6.09. The Hall–Kier alpha value is -5.05. The van der Waals surface area contributed by atoms with Gasteiger partial charge in [0.1, 0.15) is 5.75 Å². The van der Waals surface area contributed by atoms with Crippen LogP contribution in [-0.2, 0) is 6.54 Å². The maximum absolute atomic E-state index is 13.3. The van der Waals surface area contributed by atoms with Crippen LogP contribution in [0.15, 0.2) is 83.7 Å². The number of hydrazine groups is 1. The fourth-order valence-electron chi connectivity index (χ4n) is 4.13. The van der Waals surface area contributed by atoms with Gasteiger partial charge in [-0.1, -0.05) is 36.4 Å². The van der Waals surface area contributed by atoms with Crippen molar-refractivity contribution in [2.45, 2.75) is 13.5 Å². The minimum absolute atomic E-state index is 0.0378. The minimum Gasteiger partial charge on any atom is -0.497 e. The summed E-state index contributed by atoms with van der Waals surface area (Å²) in [4.78, 5) is 43.6. The second-order valence-electron chi connectivity index (χ2n) is 8.22. The third-order valence-corrected chi connectivity index (χ3v) is 6.02. The van der Waals surface area contributed by atoms with Crippen LogP contribution in [0.2, 0.25) is 0 Å². The molecule has 5 rings (SSSR count). The number of rotatable bonds is 5. The molecule has 9 heteroatoms. The van der Waals surface area contributed by atoms with Crippen LogP contribution in [0, 0.1) is 0 Å². The number of nitrogens with one attached hydrogen (secondary N) is 2. The van der Waals surface area contributed by atoms with E-state index in [2.05, 4.69) is 16.0 Å². The van der Waals surface area contributed by atoms with Crippen molar-refractivity contribution >= 4 is 33.5 Å². The van der Waals surface area contributed by atoms with Gasteiger partial charge in [-0.15, -0.1) is 0 Å². The number of carbonyl (C=O) groups is 2. The number of carbonyl (C=O) groups excluding carboxylic acids is 2. The van der Waals surface area contributed by atoms with Crippen molar-refractivity contribution in [3.05, 3.63) is 100 Å². The molecule has 2 amide bonds. The molecule has 0 bridgehead atoms. The smallest absolute Gasteiger partial charge is 0.290 e. The Balaban J connectivity index is 1.47. The second-order valence-corrected chi connectivity index (χ2v) is 8.22. The highest BCUT2D eigenvalue weighted by atomic mass is 16.5. The standard InChI is InChI=1S/C28H23N5O4/c1-3-33-28(36)21-10-5-4-9-20(21)25(32-33)27(35)31-30-26(34)22-16-24(17-12-14-18(37-2)15-13-17)29-23-11-7-6-8-19(22)23/h4-16H,3H2,1-2H3,(H,30,34)(H,31,35). The number of methoxy groups -OCH3 is 1. The third kappa shape index (κ3) is 4.50. The fraction of sp³-hybridized carbons (Fsp3) is 0.107. The van der Waals surface area contributed by atoms with Crippen LogP contribution in [-0.4, -0.2) is 33.7 Å². The zero-order valence-corrected chi connectivity index (χ0v) is 20.2. The minimum atomic E-state index is -0.638. The first-order valence-electron chi connectivity index (χ1n) is 11.6. The van der Waals surface area contributed by atoms with E-state index in [4.69, 9.17) is 9.72 Å². The van der Waals surface area contributed by atoms with Gasteiger partial charge in [-0.3, -0.25) is 25.2 Å². The molecular formula is C28H23N5O4. The normalized spacial score (nSPS) is 10.9. The van der Waals surface area contributed by atoms with Crippen molar-refractivity contribution in [1.29, 1.82) is 0 Å². The summed E-state index contributed by atoms with van der Waals surface area (Å²) >= 11 is 0.